The van der Waals surface area contributed by atoms with Gasteiger partial charge < -0.3 is 0 Å². The van der Waals surface area contributed by atoms with Crippen molar-refractivity contribution in [1.82, 2.24) is 20.2 Å². The van der Waals surface area contributed by atoms with Crippen LogP contribution in [0.5, 0.6) is 0 Å². The number of aromatic nitrogens is 4. The average Bonchev–Trinajstić information content (AvgIpc) is 2.77. The minimum Gasteiger partial charge on any atom is -0.261 e. The van der Waals surface area contributed by atoms with Crippen LogP contribution in [-0.4, -0.2) is 20.2 Å². The molecule has 0 saturated carbocycles. The summed E-state index contributed by atoms with van der Waals surface area (Å²) in [6.07, 6.45) is 1.70. The first-order valence-corrected chi connectivity index (χ1v) is 7.01. The fourth-order valence-corrected chi connectivity index (χ4v) is 3.22. The van der Waals surface area contributed by atoms with Crippen molar-refractivity contribution < 1.29 is 0 Å². The van der Waals surface area contributed by atoms with Crippen LogP contribution in [0.4, 0.5) is 0 Å². The molecule has 0 radical (unpaired) electrons. The van der Waals surface area contributed by atoms with Crippen molar-refractivity contribution in [3.05, 3.63) is 40.2 Å². The molecule has 0 saturated heterocycles. The summed E-state index contributed by atoms with van der Waals surface area (Å²) in [4.78, 5) is 9.38. The van der Waals surface area contributed by atoms with Gasteiger partial charge in [-0.3, -0.25) is 5.10 Å². The Balaban J connectivity index is 2.06. The van der Waals surface area contributed by atoms with Crippen molar-refractivity contribution in [3.8, 4) is 0 Å². The number of halogens is 2. The Kier molecular flexibility index (Phi) is 3.23. The summed E-state index contributed by atoms with van der Waals surface area (Å²) >= 11 is 10.9. The maximum atomic E-state index is 5.89. The van der Waals surface area contributed by atoms with E-state index in [2.05, 4.69) is 36.1 Å². The van der Waals surface area contributed by atoms with E-state index in [0.717, 1.165) is 19.8 Å². The lowest BCUT2D eigenvalue weighted by Gasteiger charge is -2.02. The molecule has 0 aliphatic rings. The minimum absolute atomic E-state index is 0.212. The highest BCUT2D eigenvalue weighted by Gasteiger charge is 2.10. The highest BCUT2D eigenvalue weighted by Crippen LogP contribution is 2.32. The summed E-state index contributed by atoms with van der Waals surface area (Å²) in [6, 6.07) is 7.98. The van der Waals surface area contributed by atoms with Gasteiger partial charge in [-0.2, -0.15) is 10.1 Å². The van der Waals surface area contributed by atoms with Crippen LogP contribution < -0.4 is 0 Å². The van der Waals surface area contributed by atoms with Gasteiger partial charge >= 0.3 is 0 Å². The molecule has 7 heteroatoms. The normalized spacial score (nSPS) is 11.0. The van der Waals surface area contributed by atoms with E-state index in [1.165, 1.54) is 11.8 Å². The lowest BCUT2D eigenvalue weighted by molar-refractivity contribution is 1.07. The standard InChI is InChI=1S/C11H6BrClN4S/c12-6-2-1-3-7(4-6)18-10-8-5-14-17-9(8)15-11(13)16-10/h1-5H,(H,14,15,16,17). The molecular formula is C11H6BrClN4S. The molecule has 1 N–H and O–H groups in total. The smallest absolute Gasteiger partial charge is 0.225 e. The zero-order chi connectivity index (χ0) is 12.5. The van der Waals surface area contributed by atoms with E-state index in [-0.39, 0.29) is 5.28 Å². The second-order valence-electron chi connectivity index (χ2n) is 3.49. The predicted octanol–water partition coefficient (Wildman–Crippen LogP) is 3.92. The lowest BCUT2D eigenvalue weighted by Crippen LogP contribution is -1.87. The summed E-state index contributed by atoms with van der Waals surface area (Å²) in [5, 5.41) is 8.61. The van der Waals surface area contributed by atoms with Crippen molar-refractivity contribution in [2.75, 3.05) is 0 Å². The van der Waals surface area contributed by atoms with Gasteiger partial charge in [0, 0.05) is 9.37 Å². The Morgan fingerprint density at radius 2 is 2.17 bits per heavy atom. The monoisotopic (exact) mass is 340 g/mol. The predicted molar refractivity (Wildman–Crippen MR) is 75.0 cm³/mol. The summed E-state index contributed by atoms with van der Waals surface area (Å²) in [5.41, 5.74) is 0.646. The molecule has 2 aromatic heterocycles. The Hall–Kier alpha value is -1.11. The van der Waals surface area contributed by atoms with E-state index in [1.54, 1.807) is 6.20 Å². The van der Waals surface area contributed by atoms with E-state index >= 15 is 0 Å². The van der Waals surface area contributed by atoms with Crippen LogP contribution in [0.1, 0.15) is 0 Å². The van der Waals surface area contributed by atoms with E-state index in [4.69, 9.17) is 11.6 Å². The molecule has 0 atom stereocenters. The molecule has 0 fully saturated rings. The average molecular weight is 342 g/mol. The molecule has 0 amide bonds. The molecule has 2 heterocycles. The van der Waals surface area contributed by atoms with E-state index in [9.17, 15) is 0 Å². The van der Waals surface area contributed by atoms with Crippen LogP contribution >= 0.6 is 39.3 Å². The SMILES string of the molecule is Clc1nc(Sc2cccc(Br)c2)c2cn[nH]c2n1. The summed E-state index contributed by atoms with van der Waals surface area (Å²) < 4.78 is 1.02. The Morgan fingerprint density at radius 1 is 1.28 bits per heavy atom. The van der Waals surface area contributed by atoms with Gasteiger partial charge in [0.1, 0.15) is 5.03 Å². The molecule has 3 aromatic rings. The quantitative estimate of drug-likeness (QED) is 0.567. The first-order valence-electron chi connectivity index (χ1n) is 5.02. The Labute approximate surface area is 120 Å². The van der Waals surface area contributed by atoms with Crippen LogP contribution in [0.15, 0.2) is 44.9 Å². The number of H-pyrrole nitrogens is 1. The van der Waals surface area contributed by atoms with Gasteiger partial charge in [0.15, 0.2) is 5.65 Å². The number of rotatable bonds is 2. The van der Waals surface area contributed by atoms with Crippen molar-refractivity contribution in [2.24, 2.45) is 0 Å². The molecule has 18 heavy (non-hydrogen) atoms. The number of aromatic amines is 1. The van der Waals surface area contributed by atoms with E-state index < -0.39 is 0 Å². The third kappa shape index (κ3) is 2.36. The van der Waals surface area contributed by atoms with E-state index in [1.807, 2.05) is 24.3 Å². The molecule has 1 aromatic carbocycles. The zero-order valence-electron chi connectivity index (χ0n) is 8.89. The van der Waals surface area contributed by atoms with Crippen LogP contribution in [0.3, 0.4) is 0 Å². The van der Waals surface area contributed by atoms with Crippen LogP contribution in [0, 0.1) is 0 Å². The highest BCUT2D eigenvalue weighted by atomic mass is 79.9. The van der Waals surface area contributed by atoms with Crippen molar-refractivity contribution in [1.29, 1.82) is 0 Å². The van der Waals surface area contributed by atoms with Gasteiger partial charge in [0.25, 0.3) is 0 Å². The van der Waals surface area contributed by atoms with Gasteiger partial charge in [-0.25, -0.2) is 4.98 Å². The number of hydrogen-bond donors (Lipinski definition) is 1. The number of fused-ring (bicyclic) bond motifs is 1. The Bertz CT molecular complexity index is 715. The molecule has 0 bridgehead atoms. The van der Waals surface area contributed by atoms with Crippen LogP contribution in [0.2, 0.25) is 5.28 Å². The third-order valence-corrected chi connectivity index (χ3v) is 3.91. The van der Waals surface area contributed by atoms with Gasteiger partial charge in [0.05, 0.1) is 11.6 Å². The number of hydrogen-bond acceptors (Lipinski definition) is 4. The summed E-state index contributed by atoms with van der Waals surface area (Å²) in [5.74, 6) is 0. The number of benzene rings is 1. The molecule has 0 aliphatic heterocycles. The zero-order valence-corrected chi connectivity index (χ0v) is 12.1. The van der Waals surface area contributed by atoms with Gasteiger partial charge in [-0.15, -0.1) is 0 Å². The topological polar surface area (TPSA) is 54.5 Å². The number of nitrogens with one attached hydrogen (secondary N) is 1. The maximum Gasteiger partial charge on any atom is 0.225 e. The fraction of sp³-hybridized carbons (Fsp3) is 0. The van der Waals surface area contributed by atoms with Gasteiger partial charge in [0.2, 0.25) is 5.28 Å². The number of nitrogens with zero attached hydrogens (tertiary/aromatic N) is 3. The van der Waals surface area contributed by atoms with Gasteiger partial charge in [-0.05, 0) is 29.8 Å². The third-order valence-electron chi connectivity index (χ3n) is 2.26. The summed E-state index contributed by atoms with van der Waals surface area (Å²) in [6.45, 7) is 0. The second-order valence-corrected chi connectivity index (χ2v) is 5.81. The summed E-state index contributed by atoms with van der Waals surface area (Å²) in [7, 11) is 0. The highest BCUT2D eigenvalue weighted by molar-refractivity contribution is 9.10. The van der Waals surface area contributed by atoms with E-state index in [0.29, 0.717) is 5.65 Å². The molecule has 3 rings (SSSR count). The van der Waals surface area contributed by atoms with Crippen molar-refractivity contribution in [3.63, 3.8) is 0 Å². The largest absolute Gasteiger partial charge is 0.261 e. The molecule has 90 valence electrons. The molecular weight excluding hydrogens is 336 g/mol. The lowest BCUT2D eigenvalue weighted by atomic mass is 10.4. The molecule has 0 unspecified atom stereocenters. The second kappa shape index (κ2) is 4.87. The maximum absolute atomic E-state index is 5.89. The van der Waals surface area contributed by atoms with Crippen LogP contribution in [0.25, 0.3) is 11.0 Å². The molecule has 0 spiro atoms. The van der Waals surface area contributed by atoms with Crippen molar-refractivity contribution in [2.45, 2.75) is 9.92 Å². The first-order chi connectivity index (χ1) is 8.72. The Morgan fingerprint density at radius 3 is 3.00 bits per heavy atom. The fourth-order valence-electron chi connectivity index (χ4n) is 1.50. The van der Waals surface area contributed by atoms with Crippen LogP contribution in [-0.2, 0) is 0 Å². The molecule has 0 aliphatic carbocycles. The first kappa shape index (κ1) is 12.0. The molecule has 4 nitrogen and oxygen atoms in total. The minimum atomic E-state index is 0.212. The van der Waals surface area contributed by atoms with Gasteiger partial charge in [-0.1, -0.05) is 33.8 Å². The van der Waals surface area contributed by atoms with Crippen molar-refractivity contribution >= 4 is 50.3 Å².